The van der Waals surface area contributed by atoms with Crippen LogP contribution in [-0.2, 0) is 18.4 Å². The summed E-state index contributed by atoms with van der Waals surface area (Å²) in [4.78, 5) is 15.2. The quantitative estimate of drug-likeness (QED) is 0.864. The Balaban J connectivity index is 1.44. The third-order valence-corrected chi connectivity index (χ3v) is 5.33. The average Bonchev–Trinajstić information content (AvgIpc) is 3.09. The van der Waals surface area contributed by atoms with Crippen molar-refractivity contribution in [3.63, 3.8) is 0 Å². The molecule has 0 unspecified atom stereocenters. The van der Waals surface area contributed by atoms with Crippen LogP contribution >= 0.6 is 0 Å². The van der Waals surface area contributed by atoms with Gasteiger partial charge in [0.25, 0.3) is 0 Å². The van der Waals surface area contributed by atoms with Crippen LogP contribution in [0.1, 0.15) is 42.7 Å². The van der Waals surface area contributed by atoms with Crippen LogP contribution in [0, 0.1) is 12.8 Å². The normalized spacial score (nSPS) is 26.6. The Hall–Kier alpha value is -2.11. The Kier molecular flexibility index (Phi) is 3.90. The van der Waals surface area contributed by atoms with E-state index in [4.69, 9.17) is 0 Å². The van der Waals surface area contributed by atoms with Gasteiger partial charge >= 0.3 is 0 Å². The smallest absolute Gasteiger partial charge is 0.226 e. The van der Waals surface area contributed by atoms with Crippen molar-refractivity contribution in [1.29, 1.82) is 0 Å². The highest BCUT2D eigenvalue weighted by molar-refractivity contribution is 5.83. The van der Waals surface area contributed by atoms with E-state index in [9.17, 15) is 4.79 Å². The third kappa shape index (κ3) is 2.97. The SMILES string of the molecule is Cc1cnn(C[C@@H]2CCCCN2C(=O)[C@@H]2C[C@@H]2c2cnn(C)c2)c1. The van der Waals surface area contributed by atoms with Gasteiger partial charge in [-0.25, -0.2) is 0 Å². The zero-order valence-corrected chi connectivity index (χ0v) is 14.4. The van der Waals surface area contributed by atoms with Gasteiger partial charge in [0.2, 0.25) is 5.91 Å². The Bertz CT molecular complexity index is 733. The maximum Gasteiger partial charge on any atom is 0.226 e. The summed E-state index contributed by atoms with van der Waals surface area (Å²) in [6.07, 6.45) is 12.2. The molecule has 0 aromatic carbocycles. The second kappa shape index (κ2) is 6.07. The van der Waals surface area contributed by atoms with E-state index in [0.717, 1.165) is 32.4 Å². The van der Waals surface area contributed by atoms with Gasteiger partial charge in [-0.05, 0) is 49.7 Å². The summed E-state index contributed by atoms with van der Waals surface area (Å²) in [5, 5.41) is 8.63. The minimum atomic E-state index is 0.147. The predicted octanol–water partition coefficient (Wildman–Crippen LogP) is 2.11. The van der Waals surface area contributed by atoms with Crippen molar-refractivity contribution in [3.8, 4) is 0 Å². The highest BCUT2D eigenvalue weighted by Gasteiger charge is 2.47. The van der Waals surface area contributed by atoms with Crippen molar-refractivity contribution in [1.82, 2.24) is 24.5 Å². The summed E-state index contributed by atoms with van der Waals surface area (Å²) in [6.45, 7) is 3.75. The summed E-state index contributed by atoms with van der Waals surface area (Å²) in [5.41, 5.74) is 2.37. The first-order valence-corrected chi connectivity index (χ1v) is 8.90. The fourth-order valence-corrected chi connectivity index (χ4v) is 3.94. The zero-order valence-electron chi connectivity index (χ0n) is 14.4. The second-order valence-electron chi connectivity index (χ2n) is 7.32. The van der Waals surface area contributed by atoms with E-state index in [0.29, 0.717) is 11.8 Å². The van der Waals surface area contributed by atoms with E-state index in [1.165, 1.54) is 17.5 Å². The van der Waals surface area contributed by atoms with Crippen molar-refractivity contribution in [2.45, 2.75) is 51.1 Å². The van der Waals surface area contributed by atoms with E-state index >= 15 is 0 Å². The lowest BCUT2D eigenvalue weighted by Crippen LogP contribution is -2.46. The molecule has 2 aromatic rings. The van der Waals surface area contributed by atoms with Crippen LogP contribution < -0.4 is 0 Å². The first-order valence-electron chi connectivity index (χ1n) is 8.90. The topological polar surface area (TPSA) is 56.0 Å². The monoisotopic (exact) mass is 327 g/mol. The zero-order chi connectivity index (χ0) is 16.7. The van der Waals surface area contributed by atoms with Gasteiger partial charge < -0.3 is 4.90 Å². The van der Waals surface area contributed by atoms with Gasteiger partial charge in [0, 0.05) is 31.9 Å². The van der Waals surface area contributed by atoms with Crippen molar-refractivity contribution >= 4 is 5.91 Å². The molecule has 1 saturated heterocycles. The highest BCUT2D eigenvalue weighted by atomic mass is 16.2. The Labute approximate surface area is 142 Å². The fourth-order valence-electron chi connectivity index (χ4n) is 3.94. The number of hydrogen-bond acceptors (Lipinski definition) is 3. The molecule has 3 atom stereocenters. The number of carbonyl (C=O) groups excluding carboxylic acids is 1. The standard InChI is InChI=1S/C18H25N5O/c1-13-8-20-22(10-13)12-15-5-3-4-6-23(15)18(24)17-7-16(17)14-9-19-21(2)11-14/h8-11,15-17H,3-7,12H2,1-2H3/t15-,16+,17+/m0/s1. The van der Waals surface area contributed by atoms with E-state index in [2.05, 4.69) is 28.2 Å². The molecule has 1 amide bonds. The highest BCUT2D eigenvalue weighted by Crippen LogP contribution is 2.48. The molecule has 0 spiro atoms. The molecule has 3 heterocycles. The van der Waals surface area contributed by atoms with Crippen LogP contribution in [0.3, 0.4) is 0 Å². The molecular formula is C18H25N5O. The summed E-state index contributed by atoms with van der Waals surface area (Å²) in [5.74, 6) is 0.840. The van der Waals surface area contributed by atoms with Gasteiger partial charge in [-0.1, -0.05) is 0 Å². The number of rotatable bonds is 4. The number of hydrogen-bond donors (Lipinski definition) is 0. The Morgan fingerprint density at radius 3 is 2.83 bits per heavy atom. The van der Waals surface area contributed by atoms with Gasteiger partial charge in [-0.2, -0.15) is 10.2 Å². The summed E-state index contributed by atoms with van der Waals surface area (Å²) in [7, 11) is 1.93. The first kappa shape index (κ1) is 15.4. The van der Waals surface area contributed by atoms with Crippen molar-refractivity contribution in [3.05, 3.63) is 35.9 Å². The van der Waals surface area contributed by atoms with E-state index in [1.54, 1.807) is 0 Å². The van der Waals surface area contributed by atoms with Crippen LogP contribution in [0.5, 0.6) is 0 Å². The third-order valence-electron chi connectivity index (χ3n) is 5.33. The van der Waals surface area contributed by atoms with Crippen LogP contribution in [0.15, 0.2) is 24.8 Å². The predicted molar refractivity (Wildman–Crippen MR) is 90.4 cm³/mol. The molecule has 0 radical (unpaired) electrons. The molecule has 24 heavy (non-hydrogen) atoms. The average molecular weight is 327 g/mol. The first-order chi connectivity index (χ1) is 11.6. The molecule has 128 valence electrons. The molecule has 2 fully saturated rings. The van der Waals surface area contributed by atoms with E-state index in [1.807, 2.05) is 35.0 Å². The molecule has 1 saturated carbocycles. The number of carbonyl (C=O) groups is 1. The lowest BCUT2D eigenvalue weighted by Gasteiger charge is -2.36. The van der Waals surface area contributed by atoms with Gasteiger partial charge in [-0.3, -0.25) is 14.2 Å². The molecule has 1 aliphatic heterocycles. The molecule has 2 aromatic heterocycles. The minimum Gasteiger partial charge on any atom is -0.338 e. The molecule has 2 aliphatic rings. The number of aromatic nitrogens is 4. The van der Waals surface area contributed by atoms with E-state index < -0.39 is 0 Å². The van der Waals surface area contributed by atoms with Gasteiger partial charge in [0.15, 0.2) is 0 Å². The fraction of sp³-hybridized carbons (Fsp3) is 0.611. The van der Waals surface area contributed by atoms with Gasteiger partial charge in [0.05, 0.1) is 25.0 Å². The number of amides is 1. The number of aryl methyl sites for hydroxylation is 2. The summed E-state index contributed by atoms with van der Waals surface area (Å²) < 4.78 is 3.80. The van der Waals surface area contributed by atoms with Crippen LogP contribution in [0.2, 0.25) is 0 Å². The van der Waals surface area contributed by atoms with Gasteiger partial charge in [-0.15, -0.1) is 0 Å². The van der Waals surface area contributed by atoms with Crippen molar-refractivity contribution in [2.24, 2.45) is 13.0 Å². The van der Waals surface area contributed by atoms with Crippen LogP contribution in [-0.4, -0.2) is 43.0 Å². The Morgan fingerprint density at radius 1 is 1.25 bits per heavy atom. The van der Waals surface area contributed by atoms with Crippen LogP contribution in [0.25, 0.3) is 0 Å². The summed E-state index contributed by atoms with van der Waals surface area (Å²) in [6, 6.07) is 0.278. The summed E-state index contributed by atoms with van der Waals surface area (Å²) >= 11 is 0. The lowest BCUT2D eigenvalue weighted by molar-refractivity contribution is -0.136. The molecule has 6 heteroatoms. The molecule has 1 aliphatic carbocycles. The number of piperidine rings is 1. The largest absolute Gasteiger partial charge is 0.338 e. The maximum absolute atomic E-state index is 13.0. The number of nitrogens with zero attached hydrogens (tertiary/aromatic N) is 5. The maximum atomic E-state index is 13.0. The number of likely N-dealkylation sites (tertiary alicyclic amines) is 1. The van der Waals surface area contributed by atoms with Crippen molar-refractivity contribution in [2.75, 3.05) is 6.54 Å². The Morgan fingerprint density at radius 2 is 2.12 bits per heavy atom. The lowest BCUT2D eigenvalue weighted by atomic mass is 10.0. The molecular weight excluding hydrogens is 302 g/mol. The van der Waals surface area contributed by atoms with Crippen LogP contribution in [0.4, 0.5) is 0 Å². The molecule has 4 rings (SSSR count). The molecule has 6 nitrogen and oxygen atoms in total. The second-order valence-corrected chi connectivity index (χ2v) is 7.32. The van der Waals surface area contributed by atoms with E-state index in [-0.39, 0.29) is 12.0 Å². The molecule has 0 N–H and O–H groups in total. The minimum absolute atomic E-state index is 0.147. The molecule has 0 bridgehead atoms. The van der Waals surface area contributed by atoms with Gasteiger partial charge in [0.1, 0.15) is 0 Å². The van der Waals surface area contributed by atoms with Crippen molar-refractivity contribution < 1.29 is 4.79 Å².